The topological polar surface area (TPSA) is 71.2 Å². The van der Waals surface area contributed by atoms with E-state index in [4.69, 9.17) is 10.2 Å². The molecule has 5 heteroatoms. The molecule has 1 aromatic rings. The van der Waals surface area contributed by atoms with E-state index in [0.717, 1.165) is 13.0 Å². The van der Waals surface area contributed by atoms with Crippen LogP contribution >= 0.6 is 0 Å². The maximum Gasteiger partial charge on any atom is 0.0903 e. The summed E-state index contributed by atoms with van der Waals surface area (Å²) in [5.74, 6) is -0.304. The Balaban J connectivity index is 2.01. The Morgan fingerprint density at radius 2 is 1.45 bits per heavy atom. The second-order valence-electron chi connectivity index (χ2n) is 6.15. The maximum absolute atomic E-state index is 9.12. The number of unbranched alkanes of at least 4 members (excludes halogenated alkanes) is 9. The van der Waals surface area contributed by atoms with Crippen molar-refractivity contribution in [2.75, 3.05) is 13.2 Å². The molecular formula is C17H33N3O2. The first-order chi connectivity index (χ1) is 10.8. The van der Waals surface area contributed by atoms with Gasteiger partial charge < -0.3 is 10.2 Å². The minimum Gasteiger partial charge on any atom is -0.396 e. The highest BCUT2D eigenvalue weighted by Gasteiger charge is 2.13. The zero-order chi connectivity index (χ0) is 16.0. The zero-order valence-electron chi connectivity index (χ0n) is 14.1. The molecule has 0 atom stereocenters. The number of rotatable bonds is 14. The molecule has 0 aliphatic carbocycles. The molecular weight excluding hydrogens is 278 g/mol. The number of hydrogen-bond acceptors (Lipinski definition) is 4. The number of aryl methyl sites for hydroxylation is 1. The van der Waals surface area contributed by atoms with Crippen molar-refractivity contribution in [3.05, 3.63) is 11.9 Å². The van der Waals surface area contributed by atoms with Crippen LogP contribution in [0.4, 0.5) is 0 Å². The molecule has 0 amide bonds. The molecule has 0 aliphatic heterocycles. The largest absolute Gasteiger partial charge is 0.396 e. The van der Waals surface area contributed by atoms with Crippen LogP contribution in [0.3, 0.4) is 0 Å². The van der Waals surface area contributed by atoms with Gasteiger partial charge >= 0.3 is 0 Å². The van der Waals surface area contributed by atoms with Crippen LogP contribution in [0, 0.1) is 0 Å². The third-order valence-electron chi connectivity index (χ3n) is 4.16. The normalized spacial score (nSPS) is 11.5. The van der Waals surface area contributed by atoms with Crippen molar-refractivity contribution in [3.8, 4) is 0 Å². The van der Waals surface area contributed by atoms with Gasteiger partial charge in [-0.15, -0.1) is 5.10 Å². The zero-order valence-corrected chi connectivity index (χ0v) is 14.1. The van der Waals surface area contributed by atoms with Gasteiger partial charge in [-0.3, -0.25) is 4.68 Å². The van der Waals surface area contributed by atoms with Crippen LogP contribution in [0.5, 0.6) is 0 Å². The highest BCUT2D eigenvalue weighted by atomic mass is 16.3. The molecule has 1 aromatic heterocycles. The van der Waals surface area contributed by atoms with Crippen LogP contribution in [-0.4, -0.2) is 38.4 Å². The lowest BCUT2D eigenvalue weighted by molar-refractivity contribution is 0.190. The van der Waals surface area contributed by atoms with Crippen molar-refractivity contribution in [3.63, 3.8) is 0 Å². The lowest BCUT2D eigenvalue weighted by Gasteiger charge is -2.05. The molecule has 0 saturated carbocycles. The first-order valence-corrected chi connectivity index (χ1v) is 8.93. The predicted molar refractivity (Wildman–Crippen MR) is 88.8 cm³/mol. The van der Waals surface area contributed by atoms with Crippen molar-refractivity contribution in [1.29, 1.82) is 0 Å². The number of aliphatic hydroxyl groups is 2. The average molecular weight is 311 g/mol. The molecule has 128 valence electrons. The molecule has 1 heterocycles. The van der Waals surface area contributed by atoms with Gasteiger partial charge in [0.15, 0.2) is 0 Å². The van der Waals surface area contributed by atoms with Gasteiger partial charge in [-0.1, -0.05) is 69.9 Å². The van der Waals surface area contributed by atoms with Gasteiger partial charge in [-0.05, 0) is 6.42 Å². The smallest absolute Gasteiger partial charge is 0.0903 e. The maximum atomic E-state index is 9.12. The summed E-state index contributed by atoms with van der Waals surface area (Å²) in [5, 5.41) is 26.3. The van der Waals surface area contributed by atoms with Gasteiger partial charge in [0.25, 0.3) is 0 Å². The van der Waals surface area contributed by atoms with Crippen molar-refractivity contribution in [2.45, 2.75) is 83.6 Å². The standard InChI is InChI=1S/C17H33N3O2/c1-2-3-4-5-6-7-8-9-10-11-12-20-13-17(18-19-20)16(14-21)15-22/h13,16,21-22H,2-12,14-15H2,1H3. The quantitative estimate of drug-likeness (QED) is 0.517. The van der Waals surface area contributed by atoms with E-state index in [2.05, 4.69) is 17.2 Å². The van der Waals surface area contributed by atoms with Crippen LogP contribution in [-0.2, 0) is 6.54 Å². The fraction of sp³-hybridized carbons (Fsp3) is 0.882. The molecule has 0 fully saturated rings. The highest BCUT2D eigenvalue weighted by molar-refractivity contribution is 5.01. The first-order valence-electron chi connectivity index (χ1n) is 8.93. The summed E-state index contributed by atoms with van der Waals surface area (Å²) in [6.07, 6.45) is 15.1. The van der Waals surface area contributed by atoms with E-state index in [1.54, 1.807) is 0 Å². The minimum absolute atomic E-state index is 0.0898. The Bertz CT molecular complexity index is 365. The monoisotopic (exact) mass is 311 g/mol. The third-order valence-corrected chi connectivity index (χ3v) is 4.16. The van der Waals surface area contributed by atoms with Crippen molar-refractivity contribution in [2.24, 2.45) is 0 Å². The molecule has 2 N–H and O–H groups in total. The van der Waals surface area contributed by atoms with E-state index in [1.165, 1.54) is 57.8 Å². The Hall–Kier alpha value is -0.940. The Morgan fingerprint density at radius 3 is 2.00 bits per heavy atom. The molecule has 0 aromatic carbocycles. The predicted octanol–water partition coefficient (Wildman–Crippen LogP) is 3.27. The van der Waals surface area contributed by atoms with Crippen LogP contribution in [0.15, 0.2) is 6.20 Å². The summed E-state index contributed by atoms with van der Waals surface area (Å²) in [4.78, 5) is 0. The summed E-state index contributed by atoms with van der Waals surface area (Å²) in [5.41, 5.74) is 0.678. The lowest BCUT2D eigenvalue weighted by Crippen LogP contribution is -2.09. The molecule has 1 rings (SSSR count). The highest BCUT2D eigenvalue weighted by Crippen LogP contribution is 2.12. The van der Waals surface area contributed by atoms with E-state index in [1.807, 2.05) is 10.9 Å². The van der Waals surface area contributed by atoms with E-state index in [-0.39, 0.29) is 19.1 Å². The SMILES string of the molecule is CCCCCCCCCCCCn1cc(C(CO)CO)nn1. The molecule has 0 unspecified atom stereocenters. The van der Waals surface area contributed by atoms with Crippen LogP contribution in [0.25, 0.3) is 0 Å². The molecule has 0 saturated heterocycles. The van der Waals surface area contributed by atoms with Gasteiger partial charge in [0.1, 0.15) is 0 Å². The van der Waals surface area contributed by atoms with Crippen molar-refractivity contribution >= 4 is 0 Å². The van der Waals surface area contributed by atoms with Gasteiger partial charge in [-0.25, -0.2) is 0 Å². The summed E-state index contributed by atoms with van der Waals surface area (Å²) in [6, 6.07) is 0. The van der Waals surface area contributed by atoms with Gasteiger partial charge in [0.05, 0.1) is 24.8 Å². The second kappa shape index (κ2) is 12.6. The molecule has 5 nitrogen and oxygen atoms in total. The van der Waals surface area contributed by atoms with E-state index >= 15 is 0 Å². The number of nitrogens with zero attached hydrogens (tertiary/aromatic N) is 3. The number of hydrogen-bond donors (Lipinski definition) is 2. The summed E-state index contributed by atoms with van der Waals surface area (Å²) < 4.78 is 1.82. The molecule has 0 aliphatic rings. The molecule has 0 spiro atoms. The summed E-state index contributed by atoms with van der Waals surface area (Å²) in [7, 11) is 0. The van der Waals surface area contributed by atoms with Crippen molar-refractivity contribution in [1.82, 2.24) is 15.0 Å². The van der Waals surface area contributed by atoms with Gasteiger partial charge in [0.2, 0.25) is 0 Å². The Kier molecular flexibility index (Phi) is 10.9. The molecule has 0 bridgehead atoms. The van der Waals surface area contributed by atoms with E-state index in [9.17, 15) is 0 Å². The molecule has 22 heavy (non-hydrogen) atoms. The van der Waals surface area contributed by atoms with Gasteiger partial charge in [0, 0.05) is 12.7 Å². The van der Waals surface area contributed by atoms with E-state index < -0.39 is 0 Å². The van der Waals surface area contributed by atoms with Crippen LogP contribution < -0.4 is 0 Å². The number of aromatic nitrogens is 3. The fourth-order valence-corrected chi connectivity index (χ4v) is 2.62. The fourth-order valence-electron chi connectivity index (χ4n) is 2.62. The summed E-state index contributed by atoms with van der Waals surface area (Å²) >= 11 is 0. The van der Waals surface area contributed by atoms with Crippen LogP contribution in [0.1, 0.15) is 82.7 Å². The molecule has 0 radical (unpaired) electrons. The second-order valence-corrected chi connectivity index (χ2v) is 6.15. The lowest BCUT2D eigenvalue weighted by atomic mass is 10.1. The summed E-state index contributed by atoms with van der Waals surface area (Å²) in [6.45, 7) is 2.94. The minimum atomic E-state index is -0.304. The average Bonchev–Trinajstić information content (AvgIpc) is 2.99. The van der Waals surface area contributed by atoms with E-state index in [0.29, 0.717) is 5.69 Å². The van der Waals surface area contributed by atoms with Crippen molar-refractivity contribution < 1.29 is 10.2 Å². The third kappa shape index (κ3) is 7.90. The first kappa shape index (κ1) is 19.1. The van der Waals surface area contributed by atoms with Gasteiger partial charge in [-0.2, -0.15) is 0 Å². The Labute approximate surface area is 134 Å². The van der Waals surface area contributed by atoms with Crippen LogP contribution in [0.2, 0.25) is 0 Å². The Morgan fingerprint density at radius 1 is 0.909 bits per heavy atom. The number of aliphatic hydroxyl groups excluding tert-OH is 2.